The molecule has 3 aromatic carbocycles. The van der Waals surface area contributed by atoms with Crippen LogP contribution in [-0.4, -0.2) is 11.4 Å². The first-order valence-corrected chi connectivity index (χ1v) is 7.32. The van der Waals surface area contributed by atoms with E-state index in [-0.39, 0.29) is 11.3 Å². The second kappa shape index (κ2) is 6.79. The summed E-state index contributed by atoms with van der Waals surface area (Å²) in [6, 6.07) is 22.5. The van der Waals surface area contributed by atoms with Crippen molar-refractivity contribution in [1.82, 2.24) is 0 Å². The number of phenols is 1. The highest BCUT2D eigenvalue weighted by atomic mass is 16.5. The average Bonchev–Trinajstić information content (AvgIpc) is 2.62. The number of carbonyl (C=O) groups excluding carboxylic acids is 1. The summed E-state index contributed by atoms with van der Waals surface area (Å²) in [6.45, 7) is 0.506. The van der Waals surface area contributed by atoms with E-state index < -0.39 is 0 Å². The molecule has 23 heavy (non-hydrogen) atoms. The zero-order chi connectivity index (χ0) is 16.1. The first kappa shape index (κ1) is 14.9. The molecule has 0 saturated heterocycles. The number of hydrogen-bond donors (Lipinski definition) is 1. The number of benzene rings is 3. The number of rotatable bonds is 5. The van der Waals surface area contributed by atoms with Crippen LogP contribution in [0.2, 0.25) is 0 Å². The van der Waals surface area contributed by atoms with Gasteiger partial charge in [-0.3, -0.25) is 4.79 Å². The van der Waals surface area contributed by atoms with E-state index in [1.165, 1.54) is 0 Å². The first-order chi connectivity index (χ1) is 11.3. The summed E-state index contributed by atoms with van der Waals surface area (Å²) in [4.78, 5) is 10.9. The van der Waals surface area contributed by atoms with Crippen LogP contribution in [0.3, 0.4) is 0 Å². The Morgan fingerprint density at radius 3 is 2.30 bits per heavy atom. The molecule has 3 rings (SSSR count). The quantitative estimate of drug-likeness (QED) is 0.708. The van der Waals surface area contributed by atoms with Crippen molar-refractivity contribution in [1.29, 1.82) is 0 Å². The van der Waals surface area contributed by atoms with Crippen molar-refractivity contribution in [3.8, 4) is 22.6 Å². The van der Waals surface area contributed by atoms with E-state index in [0.29, 0.717) is 18.5 Å². The molecule has 0 aliphatic carbocycles. The van der Waals surface area contributed by atoms with E-state index in [1.807, 2.05) is 54.6 Å². The number of ether oxygens (including phenoxy) is 1. The van der Waals surface area contributed by atoms with Crippen molar-refractivity contribution in [3.63, 3.8) is 0 Å². The Hall–Kier alpha value is -3.07. The summed E-state index contributed by atoms with van der Waals surface area (Å²) < 4.78 is 5.74. The van der Waals surface area contributed by atoms with Crippen LogP contribution in [0.25, 0.3) is 11.1 Å². The monoisotopic (exact) mass is 304 g/mol. The van der Waals surface area contributed by atoms with Gasteiger partial charge < -0.3 is 9.84 Å². The van der Waals surface area contributed by atoms with Crippen molar-refractivity contribution >= 4 is 6.29 Å². The highest BCUT2D eigenvalue weighted by Crippen LogP contribution is 2.32. The summed E-state index contributed by atoms with van der Waals surface area (Å²) in [6.07, 6.45) is 0.649. The van der Waals surface area contributed by atoms with Gasteiger partial charge in [-0.05, 0) is 29.3 Å². The third-order valence-electron chi connectivity index (χ3n) is 3.61. The van der Waals surface area contributed by atoms with E-state index in [4.69, 9.17) is 4.74 Å². The van der Waals surface area contributed by atoms with E-state index >= 15 is 0 Å². The van der Waals surface area contributed by atoms with Gasteiger partial charge in [0.1, 0.15) is 18.1 Å². The second-order valence-electron chi connectivity index (χ2n) is 5.16. The van der Waals surface area contributed by atoms with Crippen LogP contribution in [-0.2, 0) is 6.61 Å². The van der Waals surface area contributed by atoms with Gasteiger partial charge in [0.2, 0.25) is 0 Å². The van der Waals surface area contributed by atoms with Crippen molar-refractivity contribution in [2.24, 2.45) is 0 Å². The van der Waals surface area contributed by atoms with Crippen molar-refractivity contribution in [2.45, 2.75) is 6.61 Å². The molecule has 0 aliphatic rings. The minimum atomic E-state index is 0.000420. The Kier molecular flexibility index (Phi) is 4.39. The fourth-order valence-corrected chi connectivity index (χ4v) is 2.36. The molecule has 0 bridgehead atoms. The Labute approximate surface area is 134 Å². The van der Waals surface area contributed by atoms with Crippen LogP contribution >= 0.6 is 0 Å². The number of aldehydes is 1. The summed E-state index contributed by atoms with van der Waals surface area (Å²) in [7, 11) is 0. The van der Waals surface area contributed by atoms with Gasteiger partial charge in [0.25, 0.3) is 0 Å². The van der Waals surface area contributed by atoms with E-state index in [0.717, 1.165) is 16.9 Å². The van der Waals surface area contributed by atoms with E-state index in [2.05, 4.69) is 0 Å². The van der Waals surface area contributed by atoms with Gasteiger partial charge in [-0.15, -0.1) is 0 Å². The number of phenolic OH excluding ortho intramolecular Hbond substituents is 1. The minimum absolute atomic E-state index is 0.000420. The van der Waals surface area contributed by atoms with Gasteiger partial charge in [-0.25, -0.2) is 0 Å². The lowest BCUT2D eigenvalue weighted by Gasteiger charge is -2.09. The Morgan fingerprint density at radius 1 is 0.870 bits per heavy atom. The van der Waals surface area contributed by atoms with Gasteiger partial charge >= 0.3 is 0 Å². The lowest BCUT2D eigenvalue weighted by molar-refractivity contribution is 0.112. The summed E-state index contributed by atoms with van der Waals surface area (Å²) in [5.41, 5.74) is 2.85. The van der Waals surface area contributed by atoms with Crippen LogP contribution in [0.1, 0.15) is 15.9 Å². The van der Waals surface area contributed by atoms with Crippen LogP contribution in [0.5, 0.6) is 11.5 Å². The molecule has 0 heterocycles. The molecular weight excluding hydrogens is 288 g/mol. The SMILES string of the molecule is O=Cc1cccc(-c2ccc(OCc3ccccc3)cc2)c1O. The predicted octanol–water partition coefficient (Wildman–Crippen LogP) is 4.45. The maximum atomic E-state index is 10.9. The lowest BCUT2D eigenvalue weighted by atomic mass is 10.0. The lowest BCUT2D eigenvalue weighted by Crippen LogP contribution is -1.94. The molecule has 0 atom stereocenters. The van der Waals surface area contributed by atoms with Crippen LogP contribution in [0.15, 0.2) is 72.8 Å². The minimum Gasteiger partial charge on any atom is -0.507 e. The highest BCUT2D eigenvalue weighted by Gasteiger charge is 2.08. The van der Waals surface area contributed by atoms with Gasteiger partial charge in [0.05, 0.1) is 5.56 Å². The average molecular weight is 304 g/mol. The maximum Gasteiger partial charge on any atom is 0.153 e. The molecule has 1 N–H and O–H groups in total. The molecule has 0 unspecified atom stereocenters. The summed E-state index contributed by atoms with van der Waals surface area (Å²) >= 11 is 0. The first-order valence-electron chi connectivity index (χ1n) is 7.32. The molecule has 0 aromatic heterocycles. The molecule has 3 nitrogen and oxygen atoms in total. The van der Waals surface area contributed by atoms with Crippen molar-refractivity contribution < 1.29 is 14.6 Å². The summed E-state index contributed by atoms with van der Waals surface area (Å²) in [5.74, 6) is 0.754. The zero-order valence-corrected chi connectivity index (χ0v) is 12.5. The molecule has 114 valence electrons. The standard InChI is InChI=1S/C20H16O3/c21-13-17-7-4-8-19(20(17)22)16-9-11-18(12-10-16)23-14-15-5-2-1-3-6-15/h1-13,22H,14H2. The van der Waals surface area contributed by atoms with Crippen LogP contribution in [0.4, 0.5) is 0 Å². The molecule has 0 fully saturated rings. The van der Waals surface area contributed by atoms with Crippen LogP contribution in [0, 0.1) is 0 Å². The topological polar surface area (TPSA) is 46.5 Å². The van der Waals surface area contributed by atoms with Gasteiger partial charge in [0.15, 0.2) is 6.29 Å². The third-order valence-corrected chi connectivity index (χ3v) is 3.61. The predicted molar refractivity (Wildman–Crippen MR) is 89.7 cm³/mol. The van der Waals surface area contributed by atoms with Crippen molar-refractivity contribution in [3.05, 3.63) is 83.9 Å². The third kappa shape index (κ3) is 3.40. The smallest absolute Gasteiger partial charge is 0.153 e. The van der Waals surface area contributed by atoms with Crippen LogP contribution < -0.4 is 4.74 Å². The number of carbonyl (C=O) groups is 1. The maximum absolute atomic E-state index is 10.9. The van der Waals surface area contributed by atoms with Gasteiger partial charge in [0, 0.05) is 5.56 Å². The molecule has 0 spiro atoms. The Morgan fingerprint density at radius 2 is 1.61 bits per heavy atom. The number of para-hydroxylation sites is 1. The number of hydrogen-bond acceptors (Lipinski definition) is 3. The molecule has 3 heteroatoms. The second-order valence-corrected chi connectivity index (χ2v) is 5.16. The molecule has 0 radical (unpaired) electrons. The fraction of sp³-hybridized carbons (Fsp3) is 0.0500. The highest BCUT2D eigenvalue weighted by molar-refractivity contribution is 5.85. The molecule has 0 aliphatic heterocycles. The largest absolute Gasteiger partial charge is 0.507 e. The Balaban J connectivity index is 1.76. The van der Waals surface area contributed by atoms with Gasteiger partial charge in [-0.2, -0.15) is 0 Å². The fourth-order valence-electron chi connectivity index (χ4n) is 2.36. The molecule has 3 aromatic rings. The normalized spacial score (nSPS) is 10.3. The summed E-state index contributed by atoms with van der Waals surface area (Å²) in [5, 5.41) is 10.1. The molecule has 0 amide bonds. The number of aromatic hydroxyl groups is 1. The van der Waals surface area contributed by atoms with E-state index in [9.17, 15) is 9.90 Å². The van der Waals surface area contributed by atoms with E-state index in [1.54, 1.807) is 18.2 Å². The molecular formula is C20H16O3. The zero-order valence-electron chi connectivity index (χ0n) is 12.5. The Bertz CT molecular complexity index is 793. The molecule has 0 saturated carbocycles. The van der Waals surface area contributed by atoms with Gasteiger partial charge in [-0.1, -0.05) is 54.6 Å². The van der Waals surface area contributed by atoms with Crippen molar-refractivity contribution in [2.75, 3.05) is 0 Å².